The van der Waals surface area contributed by atoms with Crippen LogP contribution in [0, 0.1) is 29.6 Å². The number of fused-ring (bicyclic) bond motifs is 1. The second-order valence-corrected chi connectivity index (χ2v) is 13.2. The molecule has 0 amide bonds. The smallest absolute Gasteiger partial charge is 0.0159 e. The van der Waals surface area contributed by atoms with Crippen LogP contribution in [0.5, 0.6) is 0 Å². The molecule has 0 bridgehead atoms. The lowest BCUT2D eigenvalue weighted by Crippen LogP contribution is -2.30. The van der Waals surface area contributed by atoms with Gasteiger partial charge in [-0.1, -0.05) is 108 Å². The summed E-state index contributed by atoms with van der Waals surface area (Å²) in [5, 5.41) is 0. The van der Waals surface area contributed by atoms with Crippen molar-refractivity contribution in [2.24, 2.45) is 29.6 Å². The van der Waals surface area contributed by atoms with Gasteiger partial charge in [0.2, 0.25) is 0 Å². The quantitative estimate of drug-likeness (QED) is 0.190. The molecule has 0 heterocycles. The number of allylic oxidation sites excluding steroid dienone is 2. The van der Waals surface area contributed by atoms with Gasteiger partial charge in [0.1, 0.15) is 0 Å². The Labute approximate surface area is 225 Å². The molecule has 0 radical (unpaired) electrons. The lowest BCUT2D eigenvalue weighted by molar-refractivity contribution is 0.113. The highest BCUT2D eigenvalue weighted by Crippen LogP contribution is 2.48. The van der Waals surface area contributed by atoms with E-state index < -0.39 is 0 Å². The molecular formula is C36H58. The number of benzene rings is 1. The van der Waals surface area contributed by atoms with Crippen LogP contribution >= 0.6 is 0 Å². The van der Waals surface area contributed by atoms with Crippen molar-refractivity contribution in [3.05, 3.63) is 47.5 Å². The maximum absolute atomic E-state index is 2.56. The predicted molar refractivity (Wildman–Crippen MR) is 159 cm³/mol. The van der Waals surface area contributed by atoms with Crippen molar-refractivity contribution in [3.63, 3.8) is 0 Å². The van der Waals surface area contributed by atoms with E-state index in [1.54, 1.807) is 12.0 Å². The first kappa shape index (κ1) is 28.0. The highest BCUT2D eigenvalue weighted by atomic mass is 14.4. The van der Waals surface area contributed by atoms with Crippen LogP contribution in [-0.4, -0.2) is 0 Å². The van der Waals surface area contributed by atoms with Gasteiger partial charge in [-0.25, -0.2) is 0 Å². The van der Waals surface area contributed by atoms with E-state index in [9.17, 15) is 0 Å². The molecule has 0 aliphatic heterocycles. The van der Waals surface area contributed by atoms with Crippen LogP contribution in [0.3, 0.4) is 0 Å². The fourth-order valence-electron chi connectivity index (χ4n) is 8.08. The monoisotopic (exact) mass is 490 g/mol. The summed E-state index contributed by atoms with van der Waals surface area (Å²) in [6.07, 6.45) is 33.8. The summed E-state index contributed by atoms with van der Waals surface area (Å²) < 4.78 is 0. The lowest BCUT2D eigenvalue weighted by atomic mass is 9.63. The van der Waals surface area contributed by atoms with Gasteiger partial charge in [-0.05, 0) is 117 Å². The summed E-state index contributed by atoms with van der Waals surface area (Å²) in [7, 11) is 0. The fourth-order valence-corrected chi connectivity index (χ4v) is 8.08. The molecule has 4 atom stereocenters. The minimum atomic E-state index is 0.828. The molecule has 0 nitrogen and oxygen atoms in total. The van der Waals surface area contributed by atoms with E-state index in [-0.39, 0.29) is 0 Å². The van der Waals surface area contributed by atoms with Crippen molar-refractivity contribution < 1.29 is 0 Å². The Morgan fingerprint density at radius 2 is 1.31 bits per heavy atom. The molecule has 0 N–H and O–H groups in total. The largest absolute Gasteiger partial charge is 0.0879 e. The Bertz CT molecular complexity index is 734. The van der Waals surface area contributed by atoms with E-state index in [0.717, 1.165) is 35.5 Å². The first-order chi connectivity index (χ1) is 17.7. The van der Waals surface area contributed by atoms with Crippen LogP contribution in [0.2, 0.25) is 0 Å². The van der Waals surface area contributed by atoms with Crippen molar-refractivity contribution >= 4 is 0 Å². The fraction of sp³-hybridized carbons (Fsp3) is 0.778. The summed E-state index contributed by atoms with van der Waals surface area (Å²) in [6.45, 7) is 4.66. The summed E-state index contributed by atoms with van der Waals surface area (Å²) >= 11 is 0. The van der Waals surface area contributed by atoms with Crippen LogP contribution < -0.4 is 0 Å². The molecule has 1 aromatic rings. The maximum atomic E-state index is 2.56. The van der Waals surface area contributed by atoms with Crippen molar-refractivity contribution in [2.75, 3.05) is 0 Å². The van der Waals surface area contributed by atoms with Gasteiger partial charge in [-0.3, -0.25) is 0 Å². The number of unbranched alkanes of at least 4 members (excludes halogenated alkanes) is 4. The Balaban J connectivity index is 1.13. The third-order valence-electron chi connectivity index (χ3n) is 10.5. The highest BCUT2D eigenvalue weighted by Gasteiger charge is 2.35. The molecule has 3 aliphatic rings. The molecule has 0 aromatic heterocycles. The van der Waals surface area contributed by atoms with Crippen LogP contribution in [0.15, 0.2) is 36.4 Å². The molecule has 4 rings (SSSR count). The van der Waals surface area contributed by atoms with E-state index >= 15 is 0 Å². The standard InChI is InChI=1S/C36H58/c1-3-5-7-11-29-15-17-30(18-16-29)12-9-10-13-31-19-22-33(23-20-31)35-26-25-34-27-32(14-8-6-4-2)21-24-36(34)28-35/h9,12,19-20,22-23,29-30,32,34-36H,3-8,10-11,13-18,21,24-28H2,1-2H3/t29?,30?,32-,34-,35+,36+/m0/s1. The minimum Gasteiger partial charge on any atom is -0.0879 e. The number of rotatable bonds is 13. The average Bonchev–Trinajstić information content (AvgIpc) is 2.92. The Morgan fingerprint density at radius 3 is 2.03 bits per heavy atom. The zero-order valence-corrected chi connectivity index (χ0v) is 24.1. The van der Waals surface area contributed by atoms with Gasteiger partial charge < -0.3 is 0 Å². The minimum absolute atomic E-state index is 0.828. The third-order valence-corrected chi connectivity index (χ3v) is 10.5. The van der Waals surface area contributed by atoms with Gasteiger partial charge in [-0.15, -0.1) is 0 Å². The zero-order valence-electron chi connectivity index (χ0n) is 24.1. The maximum Gasteiger partial charge on any atom is -0.0159 e. The molecule has 3 aliphatic carbocycles. The molecule has 0 spiro atoms. The molecule has 1 aromatic carbocycles. The second-order valence-electron chi connectivity index (χ2n) is 13.2. The van der Waals surface area contributed by atoms with Crippen LogP contribution in [0.25, 0.3) is 0 Å². The van der Waals surface area contributed by atoms with Gasteiger partial charge >= 0.3 is 0 Å². The summed E-state index contributed by atoms with van der Waals surface area (Å²) in [6, 6.07) is 9.86. The first-order valence-electron chi connectivity index (χ1n) is 16.5. The van der Waals surface area contributed by atoms with Gasteiger partial charge in [0.15, 0.2) is 0 Å². The van der Waals surface area contributed by atoms with Crippen molar-refractivity contribution in [1.29, 1.82) is 0 Å². The molecule has 3 saturated carbocycles. The zero-order chi connectivity index (χ0) is 25.0. The Morgan fingerprint density at radius 1 is 0.667 bits per heavy atom. The van der Waals surface area contributed by atoms with E-state index in [4.69, 9.17) is 0 Å². The summed E-state index contributed by atoms with van der Waals surface area (Å²) in [4.78, 5) is 0. The Kier molecular flexibility index (Phi) is 12.0. The van der Waals surface area contributed by atoms with Gasteiger partial charge in [0.05, 0.1) is 0 Å². The van der Waals surface area contributed by atoms with Gasteiger partial charge in [-0.2, -0.15) is 0 Å². The van der Waals surface area contributed by atoms with Crippen LogP contribution in [0.1, 0.15) is 153 Å². The lowest BCUT2D eigenvalue weighted by Gasteiger charge is -2.42. The van der Waals surface area contributed by atoms with E-state index in [1.165, 1.54) is 128 Å². The Hall–Kier alpha value is -1.04. The normalized spacial score (nSPS) is 30.9. The van der Waals surface area contributed by atoms with Gasteiger partial charge in [0, 0.05) is 0 Å². The van der Waals surface area contributed by atoms with Crippen molar-refractivity contribution in [2.45, 2.75) is 148 Å². The van der Waals surface area contributed by atoms with Crippen LogP contribution in [0.4, 0.5) is 0 Å². The molecular weight excluding hydrogens is 432 g/mol. The number of hydrogen-bond acceptors (Lipinski definition) is 0. The first-order valence-corrected chi connectivity index (χ1v) is 16.5. The summed E-state index contributed by atoms with van der Waals surface area (Å²) in [5.74, 6) is 5.82. The topological polar surface area (TPSA) is 0 Å². The molecule has 0 unspecified atom stereocenters. The van der Waals surface area contributed by atoms with Gasteiger partial charge in [0.25, 0.3) is 0 Å². The number of aryl methyl sites for hydroxylation is 1. The molecule has 0 saturated heterocycles. The van der Waals surface area contributed by atoms with Crippen molar-refractivity contribution in [3.8, 4) is 0 Å². The number of hydrogen-bond donors (Lipinski definition) is 0. The molecule has 3 fully saturated rings. The molecule has 0 heteroatoms. The predicted octanol–water partition coefficient (Wildman–Crippen LogP) is 11.4. The van der Waals surface area contributed by atoms with Crippen molar-refractivity contribution in [1.82, 2.24) is 0 Å². The van der Waals surface area contributed by atoms with E-state index in [0.29, 0.717) is 0 Å². The van der Waals surface area contributed by atoms with E-state index in [2.05, 4.69) is 50.3 Å². The SMILES string of the molecule is CCCCCC1CCC(C=CCCc2ccc([C@@H]3CC[C@H]4C[C@@H](CCCCC)CC[C@@H]4C3)cc2)CC1. The average molecular weight is 491 g/mol. The third kappa shape index (κ3) is 8.77. The molecule has 36 heavy (non-hydrogen) atoms. The highest BCUT2D eigenvalue weighted by molar-refractivity contribution is 5.26. The van der Waals surface area contributed by atoms with E-state index in [1.807, 2.05) is 0 Å². The van der Waals surface area contributed by atoms with Crippen LogP contribution in [-0.2, 0) is 6.42 Å². The summed E-state index contributed by atoms with van der Waals surface area (Å²) in [5.41, 5.74) is 3.16. The molecule has 202 valence electrons. The second kappa shape index (κ2) is 15.4.